The van der Waals surface area contributed by atoms with Crippen molar-refractivity contribution in [2.45, 2.75) is 44.1 Å². The van der Waals surface area contributed by atoms with Crippen LogP contribution in [0.1, 0.15) is 31.4 Å². The molecule has 0 radical (unpaired) electrons. The molecule has 0 heterocycles. The zero-order chi connectivity index (χ0) is 18.6. The van der Waals surface area contributed by atoms with Gasteiger partial charge in [-0.2, -0.15) is 0 Å². The van der Waals surface area contributed by atoms with Gasteiger partial charge in [0, 0.05) is 6.54 Å². The average Bonchev–Trinajstić information content (AvgIpc) is 3.06. The second kappa shape index (κ2) is 8.10. The first-order chi connectivity index (χ1) is 12.4. The highest BCUT2D eigenvalue weighted by Crippen LogP contribution is 2.26. The lowest BCUT2D eigenvalue weighted by molar-refractivity contribution is 0.242. The van der Waals surface area contributed by atoms with Crippen molar-refractivity contribution in [3.8, 4) is 11.5 Å². The molecule has 5 nitrogen and oxygen atoms in total. The molecule has 2 aromatic carbocycles. The van der Waals surface area contributed by atoms with Crippen molar-refractivity contribution in [3.05, 3.63) is 53.6 Å². The van der Waals surface area contributed by atoms with E-state index in [0.717, 1.165) is 18.6 Å². The fourth-order valence-electron chi connectivity index (χ4n) is 3.04. The Hall–Kier alpha value is -2.05. The van der Waals surface area contributed by atoms with E-state index < -0.39 is 10.0 Å². The molecule has 1 aliphatic rings. The van der Waals surface area contributed by atoms with Gasteiger partial charge in [0.2, 0.25) is 10.0 Å². The van der Waals surface area contributed by atoms with Crippen molar-refractivity contribution >= 4 is 10.0 Å². The van der Waals surface area contributed by atoms with E-state index >= 15 is 0 Å². The summed E-state index contributed by atoms with van der Waals surface area (Å²) in [5, 5.41) is 0. The average molecular weight is 375 g/mol. The van der Waals surface area contributed by atoms with E-state index in [9.17, 15) is 8.42 Å². The Morgan fingerprint density at radius 1 is 1.00 bits per heavy atom. The highest BCUT2D eigenvalue weighted by atomic mass is 32.2. The number of rotatable bonds is 8. The molecule has 140 valence electrons. The summed E-state index contributed by atoms with van der Waals surface area (Å²) in [7, 11) is -3.56. The third-order valence-electron chi connectivity index (χ3n) is 4.24. The summed E-state index contributed by atoms with van der Waals surface area (Å²) in [5.41, 5.74) is 2.73. The smallest absolute Gasteiger partial charge is 0.240 e. The number of ether oxygens (including phenoxy) is 2. The van der Waals surface area contributed by atoms with Crippen molar-refractivity contribution in [2.75, 3.05) is 13.2 Å². The Morgan fingerprint density at radius 2 is 1.69 bits per heavy atom. The fourth-order valence-corrected chi connectivity index (χ4v) is 4.05. The van der Waals surface area contributed by atoms with Crippen LogP contribution in [0, 0.1) is 0 Å². The van der Waals surface area contributed by atoms with Gasteiger partial charge >= 0.3 is 0 Å². The lowest BCUT2D eigenvalue weighted by Gasteiger charge is -2.11. The summed E-state index contributed by atoms with van der Waals surface area (Å²) in [6.45, 7) is 4.34. The second-order valence-electron chi connectivity index (χ2n) is 6.67. The van der Waals surface area contributed by atoms with Crippen molar-refractivity contribution in [1.82, 2.24) is 4.72 Å². The van der Waals surface area contributed by atoms with E-state index in [1.807, 2.05) is 19.9 Å². The Bertz CT molecular complexity index is 845. The van der Waals surface area contributed by atoms with E-state index in [0.29, 0.717) is 5.75 Å². The predicted octanol–water partition coefficient (Wildman–Crippen LogP) is 3.32. The summed E-state index contributed by atoms with van der Waals surface area (Å²) in [5.74, 6) is 1.44. The molecule has 0 aromatic heterocycles. The number of fused-ring (bicyclic) bond motifs is 1. The van der Waals surface area contributed by atoms with Gasteiger partial charge in [0.05, 0.1) is 11.0 Å². The van der Waals surface area contributed by atoms with Crippen molar-refractivity contribution in [3.63, 3.8) is 0 Å². The van der Waals surface area contributed by atoms with Gasteiger partial charge in [-0.15, -0.1) is 0 Å². The Balaban J connectivity index is 1.50. The van der Waals surface area contributed by atoms with Crippen LogP contribution < -0.4 is 14.2 Å². The minimum atomic E-state index is -3.56. The largest absolute Gasteiger partial charge is 0.492 e. The van der Waals surface area contributed by atoms with Crippen molar-refractivity contribution < 1.29 is 17.9 Å². The van der Waals surface area contributed by atoms with Crippen molar-refractivity contribution in [1.29, 1.82) is 0 Å². The molecule has 6 heteroatoms. The van der Waals surface area contributed by atoms with E-state index in [2.05, 4.69) is 16.9 Å². The first-order valence-electron chi connectivity index (χ1n) is 8.95. The zero-order valence-corrected chi connectivity index (χ0v) is 16.0. The Labute approximate surface area is 155 Å². The summed E-state index contributed by atoms with van der Waals surface area (Å²) in [6.07, 6.45) is 3.47. The Kier molecular flexibility index (Phi) is 5.84. The highest BCUT2D eigenvalue weighted by molar-refractivity contribution is 7.89. The molecule has 0 saturated carbocycles. The number of hydrogen-bond donors (Lipinski definition) is 1. The normalized spacial score (nSPS) is 13.7. The predicted molar refractivity (Wildman–Crippen MR) is 101 cm³/mol. The maximum absolute atomic E-state index is 12.3. The SMILES string of the molecule is CC(C)Oc1ccc(S(=O)(=O)NCCOc2ccc3c(c2)CCC3)cc1. The first-order valence-corrected chi connectivity index (χ1v) is 10.4. The monoisotopic (exact) mass is 375 g/mol. The molecule has 0 saturated heterocycles. The molecule has 0 fully saturated rings. The lowest BCUT2D eigenvalue weighted by Crippen LogP contribution is -2.28. The maximum atomic E-state index is 12.3. The van der Waals surface area contributed by atoms with Crippen LogP contribution in [-0.2, 0) is 22.9 Å². The number of nitrogens with one attached hydrogen (secondary N) is 1. The molecule has 3 rings (SSSR count). The van der Waals surface area contributed by atoms with Gasteiger partial charge in [0.25, 0.3) is 0 Å². The Morgan fingerprint density at radius 3 is 2.42 bits per heavy atom. The van der Waals surface area contributed by atoms with Crippen LogP contribution >= 0.6 is 0 Å². The molecule has 2 aromatic rings. The van der Waals surface area contributed by atoms with Gasteiger partial charge in [-0.1, -0.05) is 6.07 Å². The molecular formula is C20H25NO4S. The highest BCUT2D eigenvalue weighted by Gasteiger charge is 2.14. The molecule has 1 aliphatic carbocycles. The van der Waals surface area contributed by atoms with E-state index in [1.165, 1.54) is 17.5 Å². The molecule has 0 atom stereocenters. The maximum Gasteiger partial charge on any atom is 0.240 e. The minimum absolute atomic E-state index is 0.0481. The van der Waals surface area contributed by atoms with Crippen LogP contribution in [0.15, 0.2) is 47.4 Å². The molecule has 0 aliphatic heterocycles. The molecule has 0 spiro atoms. The van der Waals surface area contributed by atoms with Gasteiger partial charge in [-0.25, -0.2) is 13.1 Å². The molecule has 1 N–H and O–H groups in total. The van der Waals surface area contributed by atoms with Crippen LogP contribution in [0.25, 0.3) is 0 Å². The molecule has 0 unspecified atom stereocenters. The lowest BCUT2D eigenvalue weighted by atomic mass is 10.1. The number of sulfonamides is 1. The van der Waals surface area contributed by atoms with Crippen LogP contribution in [0.3, 0.4) is 0 Å². The quantitative estimate of drug-likeness (QED) is 0.719. The second-order valence-corrected chi connectivity index (χ2v) is 8.44. The third kappa shape index (κ3) is 4.77. The molecule has 26 heavy (non-hydrogen) atoms. The summed E-state index contributed by atoms with van der Waals surface area (Å²) in [4.78, 5) is 0.214. The van der Waals surface area contributed by atoms with E-state index in [4.69, 9.17) is 9.47 Å². The van der Waals surface area contributed by atoms with Crippen LogP contribution in [-0.4, -0.2) is 27.7 Å². The van der Waals surface area contributed by atoms with Crippen LogP contribution in [0.2, 0.25) is 0 Å². The van der Waals surface area contributed by atoms with Crippen LogP contribution in [0.5, 0.6) is 11.5 Å². The molecule has 0 amide bonds. The van der Waals surface area contributed by atoms with E-state index in [1.54, 1.807) is 24.3 Å². The van der Waals surface area contributed by atoms with Crippen LogP contribution in [0.4, 0.5) is 0 Å². The zero-order valence-electron chi connectivity index (χ0n) is 15.2. The topological polar surface area (TPSA) is 64.6 Å². The summed E-state index contributed by atoms with van der Waals surface area (Å²) >= 11 is 0. The van der Waals surface area contributed by atoms with Gasteiger partial charge in [-0.05, 0) is 80.6 Å². The number of benzene rings is 2. The van der Waals surface area contributed by atoms with Crippen molar-refractivity contribution in [2.24, 2.45) is 0 Å². The van der Waals surface area contributed by atoms with Gasteiger partial charge in [-0.3, -0.25) is 0 Å². The summed E-state index contributed by atoms with van der Waals surface area (Å²) in [6, 6.07) is 12.5. The third-order valence-corrected chi connectivity index (χ3v) is 5.72. The first kappa shape index (κ1) is 18.7. The number of aryl methyl sites for hydroxylation is 2. The fraction of sp³-hybridized carbons (Fsp3) is 0.400. The van der Waals surface area contributed by atoms with Gasteiger partial charge in [0.1, 0.15) is 18.1 Å². The van der Waals surface area contributed by atoms with Gasteiger partial charge in [0.15, 0.2) is 0 Å². The molecule has 0 bridgehead atoms. The molecular weight excluding hydrogens is 350 g/mol. The van der Waals surface area contributed by atoms with Gasteiger partial charge < -0.3 is 9.47 Å². The number of hydrogen-bond acceptors (Lipinski definition) is 4. The standard InChI is InChI=1S/C20H25NO4S/c1-15(2)25-18-8-10-20(11-9-18)26(22,23)21-12-13-24-19-7-6-16-4-3-5-17(16)14-19/h6-11,14-15,21H,3-5,12-13H2,1-2H3. The minimum Gasteiger partial charge on any atom is -0.492 e. The summed E-state index contributed by atoms with van der Waals surface area (Å²) < 4.78 is 38.4. The van der Waals surface area contributed by atoms with E-state index in [-0.39, 0.29) is 24.2 Å².